The van der Waals surface area contributed by atoms with Crippen molar-refractivity contribution in [1.82, 2.24) is 24.4 Å². The Morgan fingerprint density at radius 3 is 2.78 bits per heavy atom. The average molecular weight is 474 g/mol. The predicted octanol–water partition coefficient (Wildman–Crippen LogP) is 2.72. The maximum Gasteiger partial charge on any atom is 0.250 e. The molecule has 0 saturated carbocycles. The maximum atomic E-state index is 12.8. The monoisotopic (exact) mass is 473 g/mol. The molecule has 0 fully saturated rings. The zero-order valence-electron chi connectivity index (χ0n) is 18.5. The largest absolute Gasteiger partial charge is 0.338 e. The summed E-state index contributed by atoms with van der Waals surface area (Å²) in [5.41, 5.74) is 5.78. The van der Waals surface area contributed by atoms with Crippen LogP contribution < -0.4 is 4.72 Å². The second-order valence-corrected chi connectivity index (χ2v) is 11.0. The van der Waals surface area contributed by atoms with Crippen LogP contribution in [0.1, 0.15) is 40.2 Å². The fourth-order valence-corrected chi connectivity index (χ4v) is 6.12. The van der Waals surface area contributed by atoms with Crippen LogP contribution in [0.15, 0.2) is 34.0 Å². The molecule has 1 amide bonds. The van der Waals surface area contributed by atoms with Crippen molar-refractivity contribution in [3.05, 3.63) is 63.5 Å². The van der Waals surface area contributed by atoms with E-state index in [1.807, 2.05) is 42.6 Å². The molecule has 0 saturated heterocycles. The number of pyridine rings is 1. The van der Waals surface area contributed by atoms with Gasteiger partial charge in [-0.2, -0.15) is 5.10 Å². The Bertz CT molecular complexity index is 1230. The van der Waals surface area contributed by atoms with Gasteiger partial charge in [-0.3, -0.25) is 14.5 Å². The highest BCUT2D eigenvalue weighted by Gasteiger charge is 2.25. The van der Waals surface area contributed by atoms with Gasteiger partial charge < -0.3 is 4.90 Å². The SMILES string of the molecule is Cc1cc(C)n(CCC(=O)N2CCc3c(cnc(C)c3CNS(=O)(=O)c3cccs3)C2)n1. The Labute approximate surface area is 192 Å². The molecule has 8 nitrogen and oxygen atoms in total. The van der Waals surface area contributed by atoms with Gasteiger partial charge in [0.2, 0.25) is 15.9 Å². The van der Waals surface area contributed by atoms with E-state index < -0.39 is 10.0 Å². The molecular weight excluding hydrogens is 446 g/mol. The van der Waals surface area contributed by atoms with E-state index in [9.17, 15) is 13.2 Å². The van der Waals surface area contributed by atoms with Crippen LogP contribution in [0.4, 0.5) is 0 Å². The molecule has 3 aromatic heterocycles. The van der Waals surface area contributed by atoms with Gasteiger partial charge in [0.25, 0.3) is 0 Å². The van der Waals surface area contributed by atoms with Crippen LogP contribution in [0.3, 0.4) is 0 Å². The highest BCUT2D eigenvalue weighted by Crippen LogP contribution is 2.25. The molecular formula is C22H27N5O3S2. The van der Waals surface area contributed by atoms with E-state index in [2.05, 4.69) is 14.8 Å². The van der Waals surface area contributed by atoms with Crippen LogP contribution in [-0.2, 0) is 40.9 Å². The summed E-state index contributed by atoms with van der Waals surface area (Å²) in [7, 11) is -3.55. The lowest BCUT2D eigenvalue weighted by Gasteiger charge is -2.30. The first-order valence-electron chi connectivity index (χ1n) is 10.5. The number of sulfonamides is 1. The van der Waals surface area contributed by atoms with E-state index in [1.165, 1.54) is 11.3 Å². The van der Waals surface area contributed by atoms with Crippen molar-refractivity contribution in [2.45, 2.75) is 57.5 Å². The first kappa shape index (κ1) is 22.6. The zero-order valence-corrected chi connectivity index (χ0v) is 20.1. The third-order valence-corrected chi connectivity index (χ3v) is 8.59. The number of aromatic nitrogens is 3. The fourth-order valence-electron chi connectivity index (χ4n) is 4.09. The summed E-state index contributed by atoms with van der Waals surface area (Å²) < 4.78 is 29.9. The minimum atomic E-state index is -3.55. The first-order chi connectivity index (χ1) is 15.2. The van der Waals surface area contributed by atoms with E-state index in [0.29, 0.717) is 36.7 Å². The summed E-state index contributed by atoms with van der Waals surface area (Å²) in [6.07, 6.45) is 2.88. The van der Waals surface area contributed by atoms with E-state index >= 15 is 0 Å². The predicted molar refractivity (Wildman–Crippen MR) is 123 cm³/mol. The van der Waals surface area contributed by atoms with Gasteiger partial charge in [-0.05, 0) is 61.4 Å². The molecule has 10 heteroatoms. The maximum absolute atomic E-state index is 12.8. The molecule has 0 aromatic carbocycles. The molecule has 0 aliphatic carbocycles. The molecule has 0 unspecified atom stereocenters. The van der Waals surface area contributed by atoms with E-state index in [-0.39, 0.29) is 12.5 Å². The molecule has 4 rings (SSSR count). The van der Waals surface area contributed by atoms with Crippen LogP contribution in [0.2, 0.25) is 0 Å². The van der Waals surface area contributed by atoms with Crippen LogP contribution >= 0.6 is 11.3 Å². The van der Waals surface area contributed by atoms with Crippen LogP contribution in [0.5, 0.6) is 0 Å². The minimum Gasteiger partial charge on any atom is -0.338 e. The fraction of sp³-hybridized carbons (Fsp3) is 0.409. The summed E-state index contributed by atoms with van der Waals surface area (Å²) in [6.45, 7) is 7.67. The van der Waals surface area contributed by atoms with E-state index in [0.717, 1.165) is 33.8 Å². The molecule has 170 valence electrons. The summed E-state index contributed by atoms with van der Waals surface area (Å²) in [5, 5.41) is 6.17. The van der Waals surface area contributed by atoms with Crippen molar-refractivity contribution >= 4 is 27.3 Å². The normalized spacial score (nSPS) is 13.9. The number of aryl methyl sites for hydroxylation is 4. The molecule has 3 aromatic rings. The van der Waals surface area contributed by atoms with Gasteiger partial charge in [0.15, 0.2) is 0 Å². The van der Waals surface area contributed by atoms with E-state index in [4.69, 9.17) is 0 Å². The Morgan fingerprint density at radius 1 is 1.28 bits per heavy atom. The highest BCUT2D eigenvalue weighted by molar-refractivity contribution is 7.91. The van der Waals surface area contributed by atoms with Crippen molar-refractivity contribution in [2.75, 3.05) is 6.54 Å². The highest BCUT2D eigenvalue weighted by atomic mass is 32.2. The van der Waals surface area contributed by atoms with Crippen molar-refractivity contribution in [1.29, 1.82) is 0 Å². The Hall–Kier alpha value is -2.56. The first-order valence-corrected chi connectivity index (χ1v) is 12.9. The molecule has 0 spiro atoms. The number of hydrogen-bond donors (Lipinski definition) is 1. The molecule has 4 heterocycles. The molecule has 0 radical (unpaired) electrons. The van der Waals surface area contributed by atoms with Crippen LogP contribution in [0.25, 0.3) is 0 Å². The number of fused-ring (bicyclic) bond motifs is 1. The lowest BCUT2D eigenvalue weighted by Crippen LogP contribution is -2.37. The third kappa shape index (κ3) is 4.77. The van der Waals surface area contributed by atoms with Crippen LogP contribution in [0, 0.1) is 20.8 Å². The smallest absolute Gasteiger partial charge is 0.250 e. The number of carbonyl (C=O) groups is 1. The average Bonchev–Trinajstić information content (AvgIpc) is 3.41. The minimum absolute atomic E-state index is 0.0868. The van der Waals surface area contributed by atoms with Gasteiger partial charge >= 0.3 is 0 Å². The standard InChI is InChI=1S/C22H27N5O3S2/c1-15-11-16(2)27(25-15)9-7-21(28)26-8-6-19-18(14-26)12-23-17(3)20(19)13-24-32(29,30)22-5-4-10-31-22/h4-5,10-12,24H,6-9,13-14H2,1-3H3. The summed E-state index contributed by atoms with van der Waals surface area (Å²) in [6, 6.07) is 5.31. The zero-order chi connectivity index (χ0) is 22.9. The van der Waals surface area contributed by atoms with Gasteiger partial charge in [-0.15, -0.1) is 11.3 Å². The van der Waals surface area contributed by atoms with Gasteiger partial charge in [0.05, 0.1) is 5.69 Å². The van der Waals surface area contributed by atoms with Gasteiger partial charge in [0, 0.05) is 50.2 Å². The Balaban J connectivity index is 1.44. The summed E-state index contributed by atoms with van der Waals surface area (Å²) >= 11 is 1.19. The van der Waals surface area contributed by atoms with Crippen molar-refractivity contribution in [3.8, 4) is 0 Å². The number of hydrogen-bond acceptors (Lipinski definition) is 6. The van der Waals surface area contributed by atoms with Crippen LogP contribution in [-0.4, -0.2) is 40.5 Å². The Kier molecular flexibility index (Phi) is 6.45. The second kappa shape index (κ2) is 9.13. The molecule has 0 atom stereocenters. The molecule has 1 N–H and O–H groups in total. The summed E-state index contributed by atoms with van der Waals surface area (Å²) in [5.74, 6) is 0.0868. The van der Waals surface area contributed by atoms with Crippen molar-refractivity contribution < 1.29 is 13.2 Å². The van der Waals surface area contributed by atoms with E-state index in [1.54, 1.807) is 17.5 Å². The summed E-state index contributed by atoms with van der Waals surface area (Å²) in [4.78, 5) is 19.1. The molecule has 1 aliphatic rings. The van der Waals surface area contributed by atoms with Crippen molar-refractivity contribution in [3.63, 3.8) is 0 Å². The number of nitrogens with one attached hydrogen (secondary N) is 1. The number of carbonyl (C=O) groups excluding carboxylic acids is 1. The number of rotatable bonds is 7. The lowest BCUT2D eigenvalue weighted by atomic mass is 9.95. The quantitative estimate of drug-likeness (QED) is 0.569. The molecule has 1 aliphatic heterocycles. The van der Waals surface area contributed by atoms with Gasteiger partial charge in [-0.1, -0.05) is 6.07 Å². The number of amides is 1. The topological polar surface area (TPSA) is 97.2 Å². The Morgan fingerprint density at radius 2 is 2.09 bits per heavy atom. The second-order valence-electron chi connectivity index (χ2n) is 8.05. The number of nitrogens with zero attached hydrogens (tertiary/aromatic N) is 4. The van der Waals surface area contributed by atoms with Crippen molar-refractivity contribution in [2.24, 2.45) is 0 Å². The molecule has 0 bridgehead atoms. The third-order valence-electron chi connectivity index (χ3n) is 5.79. The number of thiophene rings is 1. The lowest BCUT2D eigenvalue weighted by molar-refractivity contribution is -0.132. The van der Waals surface area contributed by atoms with Gasteiger partial charge in [-0.25, -0.2) is 13.1 Å². The molecule has 32 heavy (non-hydrogen) atoms. The van der Waals surface area contributed by atoms with Gasteiger partial charge in [0.1, 0.15) is 4.21 Å².